The van der Waals surface area contributed by atoms with E-state index in [2.05, 4.69) is 9.64 Å². The van der Waals surface area contributed by atoms with Crippen LogP contribution in [-0.2, 0) is 11.3 Å². The van der Waals surface area contributed by atoms with E-state index in [1.807, 2.05) is 41.0 Å². The van der Waals surface area contributed by atoms with Gasteiger partial charge in [0.25, 0.3) is 0 Å². The molecule has 4 rings (SSSR count). The molecule has 0 unspecified atom stereocenters. The summed E-state index contributed by atoms with van der Waals surface area (Å²) in [6.45, 7) is 1.90. The molecule has 3 aromatic rings. The molecule has 1 aliphatic heterocycles. The maximum atomic E-state index is 12.6. The molecular formula is C22H21F3N2O3. The van der Waals surface area contributed by atoms with Crippen LogP contribution in [0.15, 0.2) is 54.6 Å². The molecule has 1 aliphatic rings. The topological polar surface area (TPSA) is 54.7 Å². The smallest absolute Gasteiger partial charge is 0.481 e. The largest absolute Gasteiger partial charge is 0.573 e. The summed E-state index contributed by atoms with van der Waals surface area (Å²) in [5, 5.41) is 9.84. The molecular weight excluding hydrogens is 397 g/mol. The lowest BCUT2D eigenvalue weighted by molar-refractivity contribution is -0.274. The van der Waals surface area contributed by atoms with Gasteiger partial charge in [0.2, 0.25) is 0 Å². The number of para-hydroxylation sites is 1. The fourth-order valence-corrected chi connectivity index (χ4v) is 4.01. The van der Waals surface area contributed by atoms with Crippen molar-refractivity contribution in [2.45, 2.75) is 25.7 Å². The first-order chi connectivity index (χ1) is 14.3. The molecule has 0 spiro atoms. The highest BCUT2D eigenvalue weighted by Gasteiger charge is 2.31. The van der Waals surface area contributed by atoms with Gasteiger partial charge in [0.15, 0.2) is 0 Å². The molecule has 2 heterocycles. The van der Waals surface area contributed by atoms with Gasteiger partial charge in [-0.3, -0.25) is 9.69 Å². The van der Waals surface area contributed by atoms with Crippen LogP contribution in [0, 0.1) is 5.92 Å². The minimum atomic E-state index is -4.74. The fourth-order valence-electron chi connectivity index (χ4n) is 4.01. The van der Waals surface area contributed by atoms with E-state index in [4.69, 9.17) is 0 Å². The Morgan fingerprint density at radius 3 is 2.40 bits per heavy atom. The standard InChI is InChI=1S/C22H21F3N2O3/c23-22(24,25)30-19-6-7-20-16(13-19)12-18(27(20)17-4-2-1-3-5-17)14-26-10-8-15(9-11-26)21(28)29/h1-7,12-13,15H,8-11,14H2,(H,28,29). The van der Waals surface area contributed by atoms with E-state index in [-0.39, 0.29) is 11.7 Å². The van der Waals surface area contributed by atoms with Gasteiger partial charge in [-0.05, 0) is 62.3 Å². The maximum Gasteiger partial charge on any atom is 0.573 e. The summed E-state index contributed by atoms with van der Waals surface area (Å²) in [5.41, 5.74) is 2.62. The normalized spacial score (nSPS) is 16.1. The van der Waals surface area contributed by atoms with Gasteiger partial charge in [-0.1, -0.05) is 18.2 Å². The summed E-state index contributed by atoms with van der Waals surface area (Å²) >= 11 is 0. The molecule has 1 saturated heterocycles. The van der Waals surface area contributed by atoms with Crippen LogP contribution in [0.1, 0.15) is 18.5 Å². The van der Waals surface area contributed by atoms with Crippen LogP contribution in [0.5, 0.6) is 5.75 Å². The predicted octanol–water partition coefficient (Wildman–Crippen LogP) is 4.83. The van der Waals surface area contributed by atoms with Gasteiger partial charge < -0.3 is 14.4 Å². The van der Waals surface area contributed by atoms with Crippen molar-refractivity contribution < 1.29 is 27.8 Å². The number of hydrogen-bond donors (Lipinski definition) is 1. The SMILES string of the molecule is O=C(O)C1CCN(Cc2cc3cc(OC(F)(F)F)ccc3n2-c2ccccc2)CC1. The van der Waals surface area contributed by atoms with Crippen molar-refractivity contribution >= 4 is 16.9 Å². The molecule has 0 amide bonds. The Bertz CT molecular complexity index is 1040. The average molecular weight is 418 g/mol. The first-order valence-corrected chi connectivity index (χ1v) is 9.71. The number of likely N-dealkylation sites (tertiary alicyclic amines) is 1. The van der Waals surface area contributed by atoms with Crippen LogP contribution in [0.4, 0.5) is 13.2 Å². The number of aliphatic carboxylic acids is 1. The van der Waals surface area contributed by atoms with Crippen molar-refractivity contribution in [3.8, 4) is 11.4 Å². The number of ether oxygens (including phenoxy) is 1. The van der Waals surface area contributed by atoms with E-state index in [0.29, 0.717) is 37.9 Å². The van der Waals surface area contributed by atoms with Crippen molar-refractivity contribution in [1.82, 2.24) is 9.47 Å². The lowest BCUT2D eigenvalue weighted by Crippen LogP contribution is -2.36. The van der Waals surface area contributed by atoms with Crippen molar-refractivity contribution in [3.63, 3.8) is 0 Å². The molecule has 30 heavy (non-hydrogen) atoms. The second kappa shape index (κ2) is 8.02. The molecule has 8 heteroatoms. The number of fused-ring (bicyclic) bond motifs is 1. The van der Waals surface area contributed by atoms with Gasteiger partial charge >= 0.3 is 12.3 Å². The van der Waals surface area contributed by atoms with Crippen molar-refractivity contribution in [2.24, 2.45) is 5.92 Å². The zero-order valence-electron chi connectivity index (χ0n) is 16.1. The summed E-state index contributed by atoms with van der Waals surface area (Å²) in [7, 11) is 0. The van der Waals surface area contributed by atoms with E-state index in [0.717, 1.165) is 16.9 Å². The molecule has 158 valence electrons. The van der Waals surface area contributed by atoms with Gasteiger partial charge in [-0.25, -0.2) is 0 Å². The first-order valence-electron chi connectivity index (χ1n) is 9.71. The molecule has 0 saturated carbocycles. The lowest BCUT2D eigenvalue weighted by Gasteiger charge is -2.30. The predicted molar refractivity (Wildman–Crippen MR) is 106 cm³/mol. The van der Waals surface area contributed by atoms with E-state index in [9.17, 15) is 23.1 Å². The highest BCUT2D eigenvalue weighted by molar-refractivity contribution is 5.84. The van der Waals surface area contributed by atoms with Crippen molar-refractivity contribution in [2.75, 3.05) is 13.1 Å². The molecule has 1 fully saturated rings. The second-order valence-corrected chi connectivity index (χ2v) is 7.46. The monoisotopic (exact) mass is 418 g/mol. The Kier molecular flexibility index (Phi) is 5.42. The highest BCUT2D eigenvalue weighted by Crippen LogP contribution is 2.31. The van der Waals surface area contributed by atoms with Gasteiger partial charge in [0.05, 0.1) is 11.4 Å². The van der Waals surface area contributed by atoms with Crippen LogP contribution >= 0.6 is 0 Å². The number of hydrogen-bond acceptors (Lipinski definition) is 3. The number of carbonyl (C=O) groups is 1. The van der Waals surface area contributed by atoms with Crippen LogP contribution in [-0.4, -0.2) is 40.0 Å². The number of piperidine rings is 1. The average Bonchev–Trinajstić information content (AvgIpc) is 3.04. The number of benzene rings is 2. The van der Waals surface area contributed by atoms with Crippen molar-refractivity contribution in [1.29, 1.82) is 0 Å². The lowest BCUT2D eigenvalue weighted by atomic mass is 9.97. The van der Waals surface area contributed by atoms with E-state index < -0.39 is 12.3 Å². The minimum absolute atomic E-state index is 0.256. The first kappa shape index (κ1) is 20.3. The zero-order valence-corrected chi connectivity index (χ0v) is 16.1. The third-order valence-electron chi connectivity index (χ3n) is 5.42. The molecule has 2 aromatic carbocycles. The third-order valence-corrected chi connectivity index (χ3v) is 5.42. The number of rotatable bonds is 5. The maximum absolute atomic E-state index is 12.6. The number of halogens is 3. The van der Waals surface area contributed by atoms with Gasteiger partial charge in [0, 0.05) is 23.3 Å². The second-order valence-electron chi connectivity index (χ2n) is 7.46. The molecule has 1 aromatic heterocycles. The molecule has 0 radical (unpaired) electrons. The Morgan fingerprint density at radius 1 is 1.07 bits per heavy atom. The van der Waals surface area contributed by atoms with Gasteiger partial charge in [0.1, 0.15) is 5.75 Å². The van der Waals surface area contributed by atoms with E-state index in [1.165, 1.54) is 12.1 Å². The van der Waals surface area contributed by atoms with Crippen LogP contribution in [0.2, 0.25) is 0 Å². The summed E-state index contributed by atoms with van der Waals surface area (Å²) in [6.07, 6.45) is -3.57. The number of aromatic nitrogens is 1. The number of alkyl halides is 3. The molecule has 5 nitrogen and oxygen atoms in total. The van der Waals surface area contributed by atoms with Crippen LogP contribution in [0.25, 0.3) is 16.6 Å². The minimum Gasteiger partial charge on any atom is -0.481 e. The summed E-state index contributed by atoms with van der Waals surface area (Å²) < 4.78 is 43.9. The number of carboxylic acids is 1. The molecule has 0 aliphatic carbocycles. The third kappa shape index (κ3) is 4.43. The Balaban J connectivity index is 1.68. The quantitative estimate of drug-likeness (QED) is 0.645. The van der Waals surface area contributed by atoms with Gasteiger partial charge in [-0.15, -0.1) is 13.2 Å². The molecule has 1 N–H and O–H groups in total. The summed E-state index contributed by atoms with van der Waals surface area (Å²) in [4.78, 5) is 13.4. The van der Waals surface area contributed by atoms with Gasteiger partial charge in [-0.2, -0.15) is 0 Å². The van der Waals surface area contributed by atoms with E-state index >= 15 is 0 Å². The highest BCUT2D eigenvalue weighted by atomic mass is 19.4. The molecule has 0 atom stereocenters. The zero-order chi connectivity index (χ0) is 21.3. The number of nitrogens with zero attached hydrogens (tertiary/aromatic N) is 2. The number of carboxylic acid groups (broad SMARTS) is 1. The Hall–Kier alpha value is -3.00. The van der Waals surface area contributed by atoms with Crippen molar-refractivity contribution in [3.05, 3.63) is 60.3 Å². The summed E-state index contributed by atoms with van der Waals surface area (Å²) in [5.74, 6) is -1.33. The Morgan fingerprint density at radius 2 is 1.77 bits per heavy atom. The van der Waals surface area contributed by atoms with Crippen LogP contribution in [0.3, 0.4) is 0 Å². The summed E-state index contributed by atoms with van der Waals surface area (Å²) in [6, 6.07) is 15.8. The van der Waals surface area contributed by atoms with E-state index in [1.54, 1.807) is 6.07 Å². The van der Waals surface area contributed by atoms with Crippen LogP contribution < -0.4 is 4.74 Å². The Labute approximate surface area is 171 Å². The molecule has 0 bridgehead atoms. The fraction of sp³-hybridized carbons (Fsp3) is 0.318.